The third kappa shape index (κ3) is 3.89. The highest BCUT2D eigenvalue weighted by Crippen LogP contribution is 2.50. The first-order valence-electron chi connectivity index (χ1n) is 11.7. The number of ether oxygens (including phenoxy) is 1. The molecule has 1 saturated carbocycles. The number of benzene rings is 2. The Morgan fingerprint density at radius 2 is 2.11 bits per heavy atom. The number of piperidine rings is 1. The number of carbonyl (C=O) groups is 2. The zero-order valence-corrected chi connectivity index (χ0v) is 20.6. The largest absolute Gasteiger partial charge is 0.493 e. The summed E-state index contributed by atoms with van der Waals surface area (Å²) in [6.45, 7) is 3.34. The van der Waals surface area contributed by atoms with E-state index in [-0.39, 0.29) is 34.1 Å². The van der Waals surface area contributed by atoms with E-state index in [4.69, 9.17) is 16.3 Å². The van der Waals surface area contributed by atoms with Crippen molar-refractivity contribution in [1.82, 2.24) is 15.2 Å². The van der Waals surface area contributed by atoms with Crippen LogP contribution >= 0.6 is 22.9 Å². The number of hydrogen-bond acceptors (Lipinski definition) is 5. The maximum absolute atomic E-state index is 14.7. The van der Waals surface area contributed by atoms with E-state index in [0.717, 1.165) is 17.7 Å². The Morgan fingerprint density at radius 1 is 1.29 bits per heavy atom. The van der Waals surface area contributed by atoms with Crippen LogP contribution in [0.2, 0.25) is 5.02 Å². The fourth-order valence-electron chi connectivity index (χ4n) is 5.39. The van der Waals surface area contributed by atoms with Gasteiger partial charge in [-0.3, -0.25) is 9.59 Å². The third-order valence-corrected chi connectivity index (χ3v) is 8.45. The van der Waals surface area contributed by atoms with Gasteiger partial charge in [0.15, 0.2) is 0 Å². The van der Waals surface area contributed by atoms with Crippen molar-refractivity contribution in [1.29, 1.82) is 0 Å². The predicted molar refractivity (Wildman–Crippen MR) is 132 cm³/mol. The normalized spacial score (nSPS) is 21.9. The number of likely N-dealkylation sites (tertiary alicyclic amines) is 1. The van der Waals surface area contributed by atoms with Gasteiger partial charge in [-0.25, -0.2) is 9.37 Å². The molecule has 0 unspecified atom stereocenters. The van der Waals surface area contributed by atoms with E-state index < -0.39 is 5.82 Å². The van der Waals surface area contributed by atoms with Gasteiger partial charge in [-0.15, -0.1) is 11.3 Å². The summed E-state index contributed by atoms with van der Waals surface area (Å²) in [5, 5.41) is 3.96. The number of nitrogens with zero attached hydrogens (tertiary/aromatic N) is 2. The predicted octanol–water partition coefficient (Wildman–Crippen LogP) is 4.74. The van der Waals surface area contributed by atoms with Gasteiger partial charge in [0.2, 0.25) is 0 Å². The van der Waals surface area contributed by atoms with Crippen LogP contribution in [0.4, 0.5) is 4.39 Å². The molecule has 9 heteroatoms. The second-order valence-electron chi connectivity index (χ2n) is 9.28. The molecule has 0 radical (unpaired) electrons. The molecule has 2 aliphatic heterocycles. The van der Waals surface area contributed by atoms with E-state index in [9.17, 15) is 14.0 Å². The van der Waals surface area contributed by atoms with Crippen LogP contribution in [-0.2, 0) is 6.42 Å². The van der Waals surface area contributed by atoms with Gasteiger partial charge in [-0.2, -0.15) is 0 Å². The summed E-state index contributed by atoms with van der Waals surface area (Å²) >= 11 is 7.57. The zero-order chi connectivity index (χ0) is 24.3. The molecule has 3 aliphatic rings. The Bertz CT molecular complexity index is 1340. The minimum atomic E-state index is -0.484. The Labute approximate surface area is 211 Å². The van der Waals surface area contributed by atoms with Crippen LogP contribution in [0.1, 0.15) is 37.8 Å². The summed E-state index contributed by atoms with van der Waals surface area (Å²) < 4.78 is 20.3. The van der Waals surface area contributed by atoms with E-state index in [1.807, 2.05) is 18.2 Å². The topological polar surface area (TPSA) is 71.5 Å². The maximum atomic E-state index is 14.7. The monoisotopic (exact) mass is 511 g/mol. The highest BCUT2D eigenvalue weighted by molar-refractivity contribution is 7.15. The summed E-state index contributed by atoms with van der Waals surface area (Å²) in [6, 6.07) is 9.86. The molecule has 6 nitrogen and oxygen atoms in total. The quantitative estimate of drug-likeness (QED) is 0.537. The summed E-state index contributed by atoms with van der Waals surface area (Å²) in [7, 11) is 0. The number of carbonyl (C=O) groups excluding carboxylic acids is 2. The first-order chi connectivity index (χ1) is 16.9. The molecule has 35 heavy (non-hydrogen) atoms. The fourth-order valence-corrected chi connectivity index (χ4v) is 6.67. The van der Waals surface area contributed by atoms with Crippen molar-refractivity contribution in [3.05, 3.63) is 69.1 Å². The van der Waals surface area contributed by atoms with E-state index >= 15 is 0 Å². The number of rotatable bonds is 5. The van der Waals surface area contributed by atoms with Gasteiger partial charge < -0.3 is 15.0 Å². The molecule has 2 aromatic carbocycles. The van der Waals surface area contributed by atoms with Crippen LogP contribution in [-0.4, -0.2) is 47.4 Å². The minimum Gasteiger partial charge on any atom is -0.493 e. The Hall–Kier alpha value is -2.97. The SMILES string of the molecule is Cc1nc(C(=O)N2C[C@@H]3C[C@@H]3[C@H]2CNC(=O)c2cccc3c2CCO3)c(-c2c(F)cccc2Cl)s1. The van der Waals surface area contributed by atoms with Crippen LogP contribution in [0.5, 0.6) is 5.75 Å². The van der Waals surface area contributed by atoms with Crippen molar-refractivity contribution in [3.63, 3.8) is 0 Å². The van der Waals surface area contributed by atoms with Crippen molar-refractivity contribution < 1.29 is 18.7 Å². The van der Waals surface area contributed by atoms with Crippen LogP contribution in [0, 0.1) is 24.6 Å². The molecule has 0 bridgehead atoms. The summed E-state index contributed by atoms with van der Waals surface area (Å²) in [4.78, 5) is 33.4. The lowest BCUT2D eigenvalue weighted by molar-refractivity contribution is 0.0690. The lowest BCUT2D eigenvalue weighted by Gasteiger charge is -2.27. The van der Waals surface area contributed by atoms with Crippen molar-refractivity contribution in [2.45, 2.75) is 25.8 Å². The summed E-state index contributed by atoms with van der Waals surface area (Å²) in [5.74, 6) is 0.648. The number of thiazole rings is 1. The van der Waals surface area contributed by atoms with Gasteiger partial charge in [-0.1, -0.05) is 23.7 Å². The fraction of sp³-hybridized carbons (Fsp3) is 0.346. The van der Waals surface area contributed by atoms with Gasteiger partial charge in [0, 0.05) is 36.2 Å². The summed E-state index contributed by atoms with van der Waals surface area (Å²) in [6.07, 6.45) is 1.75. The molecule has 0 spiro atoms. The molecule has 2 amide bonds. The Balaban J connectivity index is 1.24. The lowest BCUT2D eigenvalue weighted by atomic mass is 10.0. The molecule has 180 valence electrons. The average Bonchev–Trinajstić information content (AvgIpc) is 3.15. The van der Waals surface area contributed by atoms with Crippen molar-refractivity contribution >= 4 is 34.8 Å². The first-order valence-corrected chi connectivity index (χ1v) is 12.9. The molecule has 1 aromatic heterocycles. The molecule has 1 aliphatic carbocycles. The Morgan fingerprint density at radius 3 is 2.94 bits per heavy atom. The third-order valence-electron chi connectivity index (χ3n) is 7.15. The van der Waals surface area contributed by atoms with Gasteiger partial charge in [0.1, 0.15) is 17.3 Å². The van der Waals surface area contributed by atoms with Gasteiger partial charge in [0.25, 0.3) is 11.8 Å². The van der Waals surface area contributed by atoms with E-state index in [0.29, 0.717) is 53.4 Å². The number of amides is 2. The smallest absolute Gasteiger partial charge is 0.274 e. The van der Waals surface area contributed by atoms with Crippen LogP contribution in [0.15, 0.2) is 36.4 Å². The van der Waals surface area contributed by atoms with Crippen molar-refractivity contribution in [2.24, 2.45) is 11.8 Å². The number of fused-ring (bicyclic) bond motifs is 2. The number of aryl methyl sites for hydroxylation is 1. The van der Waals surface area contributed by atoms with Crippen molar-refractivity contribution in [2.75, 3.05) is 19.7 Å². The van der Waals surface area contributed by atoms with Crippen LogP contribution in [0.25, 0.3) is 10.4 Å². The molecule has 3 heterocycles. The molecule has 3 atom stereocenters. The van der Waals surface area contributed by atoms with Gasteiger partial charge in [0.05, 0.1) is 27.6 Å². The molecule has 1 saturated heterocycles. The summed E-state index contributed by atoms with van der Waals surface area (Å²) in [5.41, 5.74) is 1.97. The molecular formula is C26H23ClFN3O3S. The standard InChI is InChI=1S/C26H23ClFN3O3S/c1-13-30-23(24(35-13)22-18(27)5-3-6-19(22)28)26(33)31-12-14-10-17(14)20(31)11-29-25(32)16-4-2-7-21-15(16)8-9-34-21/h2-7,14,17,20H,8-12H2,1H3,(H,29,32)/t14-,17-,20+/m0/s1. The second-order valence-corrected chi connectivity index (χ2v) is 10.9. The number of hydrogen-bond donors (Lipinski definition) is 1. The number of nitrogens with one attached hydrogen (secondary N) is 1. The maximum Gasteiger partial charge on any atom is 0.274 e. The van der Waals surface area contributed by atoms with E-state index in [1.165, 1.54) is 23.5 Å². The lowest BCUT2D eigenvalue weighted by Crippen LogP contribution is -2.45. The van der Waals surface area contributed by atoms with Crippen molar-refractivity contribution in [3.8, 4) is 16.2 Å². The first kappa shape index (κ1) is 22.5. The average molecular weight is 512 g/mol. The highest BCUT2D eigenvalue weighted by atomic mass is 35.5. The van der Waals surface area contributed by atoms with Crippen LogP contribution < -0.4 is 10.1 Å². The highest BCUT2D eigenvalue weighted by Gasteiger charge is 2.54. The Kier molecular flexibility index (Phi) is 5.53. The molecule has 2 fully saturated rings. The molecule has 6 rings (SSSR count). The van der Waals surface area contributed by atoms with E-state index in [1.54, 1.807) is 17.9 Å². The number of aromatic nitrogens is 1. The zero-order valence-electron chi connectivity index (χ0n) is 19.0. The second kappa shape index (κ2) is 8.60. The molecule has 1 N–H and O–H groups in total. The number of halogens is 2. The van der Waals surface area contributed by atoms with Gasteiger partial charge >= 0.3 is 0 Å². The molecular weight excluding hydrogens is 489 g/mol. The van der Waals surface area contributed by atoms with Gasteiger partial charge in [-0.05, 0) is 49.4 Å². The van der Waals surface area contributed by atoms with E-state index in [2.05, 4.69) is 10.3 Å². The molecule has 3 aromatic rings. The van der Waals surface area contributed by atoms with Crippen LogP contribution in [0.3, 0.4) is 0 Å². The minimum absolute atomic E-state index is 0.129.